The molecule has 10 heteroatoms. The Kier molecular flexibility index (Phi) is 9.61. The molecule has 0 radical (unpaired) electrons. The number of hydrogen-bond acceptors (Lipinski definition) is 5. The smallest absolute Gasteiger partial charge is 0.335 e. The molecule has 0 spiro atoms. The topological polar surface area (TPSA) is 90.4 Å². The van der Waals surface area contributed by atoms with Crippen LogP contribution in [0.2, 0.25) is 5.02 Å². The highest BCUT2D eigenvalue weighted by atomic mass is 35.5. The van der Waals surface area contributed by atoms with Crippen LogP contribution in [0.5, 0.6) is 0 Å². The maximum absolute atomic E-state index is 15.0. The number of anilines is 1. The van der Waals surface area contributed by atoms with Crippen LogP contribution in [0, 0.1) is 5.82 Å². The van der Waals surface area contributed by atoms with E-state index < -0.39 is 17.8 Å². The molecule has 46 heavy (non-hydrogen) atoms. The standard InChI is InChI=1S/C36H39ClFN3O5/c1-46-26-14-18-39(19-15-26)31-9-3-7-29-28(31)16-20-41(34(29)32(42)21-23-10-12-24(13-11-23)35(43)44)36(45)40-17-4-5-25(22-40)27-6-2-8-30(37)33(27)38/h2-3,6-13,25-26,34H,4-5,14-22H2,1H3,(H,43,44). The zero-order valence-corrected chi connectivity index (χ0v) is 26.7. The highest BCUT2D eigenvalue weighted by Crippen LogP contribution is 2.39. The van der Waals surface area contributed by atoms with E-state index in [0.717, 1.165) is 49.2 Å². The number of aromatic carboxylic acids is 1. The number of carbonyl (C=O) groups is 3. The average Bonchev–Trinajstić information content (AvgIpc) is 3.08. The van der Waals surface area contributed by atoms with Crippen LogP contribution >= 0.6 is 11.6 Å². The van der Waals surface area contributed by atoms with Gasteiger partial charge >= 0.3 is 12.0 Å². The second kappa shape index (κ2) is 13.8. The minimum atomic E-state index is -1.03. The summed E-state index contributed by atoms with van der Waals surface area (Å²) in [6, 6.07) is 16.3. The fourth-order valence-electron chi connectivity index (χ4n) is 7.32. The summed E-state index contributed by atoms with van der Waals surface area (Å²) in [5.74, 6) is -1.81. The third-order valence-electron chi connectivity index (χ3n) is 9.76. The lowest BCUT2D eigenvalue weighted by Gasteiger charge is -2.43. The molecule has 3 aromatic rings. The van der Waals surface area contributed by atoms with Crippen molar-refractivity contribution < 1.29 is 28.6 Å². The Labute approximate surface area is 273 Å². The average molecular weight is 648 g/mol. The van der Waals surface area contributed by atoms with Gasteiger partial charge in [0, 0.05) is 57.9 Å². The summed E-state index contributed by atoms with van der Waals surface area (Å²) in [6.45, 7) is 2.93. The van der Waals surface area contributed by atoms with Gasteiger partial charge < -0.3 is 24.5 Å². The van der Waals surface area contributed by atoms with Gasteiger partial charge in [0.1, 0.15) is 11.9 Å². The molecule has 3 aliphatic rings. The molecule has 0 aliphatic carbocycles. The molecule has 0 saturated carbocycles. The summed E-state index contributed by atoms with van der Waals surface area (Å²) < 4.78 is 20.6. The highest BCUT2D eigenvalue weighted by Gasteiger charge is 2.40. The minimum absolute atomic E-state index is 0.0492. The number of ether oxygens (including phenoxy) is 1. The Morgan fingerprint density at radius 2 is 1.65 bits per heavy atom. The second-order valence-electron chi connectivity index (χ2n) is 12.5. The summed E-state index contributed by atoms with van der Waals surface area (Å²) >= 11 is 6.09. The van der Waals surface area contributed by atoms with Gasteiger partial charge in [0.25, 0.3) is 0 Å². The van der Waals surface area contributed by atoms with Crippen LogP contribution in [0.3, 0.4) is 0 Å². The molecule has 3 aliphatic heterocycles. The first-order valence-corrected chi connectivity index (χ1v) is 16.4. The first kappa shape index (κ1) is 32.0. The largest absolute Gasteiger partial charge is 0.478 e. The monoisotopic (exact) mass is 647 g/mol. The molecule has 6 rings (SSSR count). The summed E-state index contributed by atoms with van der Waals surface area (Å²) in [7, 11) is 1.75. The quantitative estimate of drug-likeness (QED) is 0.315. The molecule has 3 heterocycles. The third-order valence-corrected chi connectivity index (χ3v) is 10.0. The summed E-state index contributed by atoms with van der Waals surface area (Å²) in [5, 5.41) is 9.39. The van der Waals surface area contributed by atoms with E-state index in [0.29, 0.717) is 43.6 Å². The number of piperidine rings is 2. The molecule has 2 atom stereocenters. The van der Waals surface area contributed by atoms with Crippen LogP contribution in [-0.2, 0) is 22.4 Å². The molecule has 0 aromatic heterocycles. The van der Waals surface area contributed by atoms with Gasteiger partial charge in [-0.05, 0) is 78.6 Å². The molecule has 2 saturated heterocycles. The number of rotatable bonds is 7. The Balaban J connectivity index is 1.30. The van der Waals surface area contributed by atoms with E-state index in [1.54, 1.807) is 41.2 Å². The van der Waals surface area contributed by atoms with Gasteiger partial charge in [-0.1, -0.05) is 48.0 Å². The van der Waals surface area contributed by atoms with E-state index >= 15 is 0 Å². The molecule has 2 fully saturated rings. The van der Waals surface area contributed by atoms with Crippen molar-refractivity contribution in [1.82, 2.24) is 9.80 Å². The lowest BCUT2D eigenvalue weighted by Crippen LogP contribution is -2.52. The predicted molar refractivity (Wildman–Crippen MR) is 174 cm³/mol. The number of urea groups is 1. The molecule has 2 unspecified atom stereocenters. The molecule has 242 valence electrons. The van der Waals surface area contributed by atoms with Crippen LogP contribution in [0.4, 0.5) is 14.9 Å². The molecule has 2 amide bonds. The van der Waals surface area contributed by atoms with Crippen molar-refractivity contribution in [2.75, 3.05) is 44.7 Å². The number of amides is 2. The predicted octanol–water partition coefficient (Wildman–Crippen LogP) is 6.50. The van der Waals surface area contributed by atoms with Crippen LogP contribution < -0.4 is 4.90 Å². The van der Waals surface area contributed by atoms with Gasteiger partial charge in [-0.3, -0.25) is 4.79 Å². The van der Waals surface area contributed by atoms with Crippen molar-refractivity contribution >= 4 is 35.1 Å². The lowest BCUT2D eigenvalue weighted by molar-refractivity contribution is -0.123. The van der Waals surface area contributed by atoms with Crippen molar-refractivity contribution in [2.45, 2.75) is 56.6 Å². The van der Waals surface area contributed by atoms with Crippen molar-refractivity contribution in [3.63, 3.8) is 0 Å². The summed E-state index contributed by atoms with van der Waals surface area (Å²) in [5.41, 5.74) is 4.34. The van der Waals surface area contributed by atoms with Crippen LogP contribution in [0.15, 0.2) is 60.7 Å². The molecule has 1 N–H and O–H groups in total. The fourth-order valence-corrected chi connectivity index (χ4v) is 7.50. The van der Waals surface area contributed by atoms with Gasteiger partial charge in [0.15, 0.2) is 5.78 Å². The number of ketones is 1. The Hall–Kier alpha value is -3.95. The molecular weight excluding hydrogens is 609 g/mol. The van der Waals surface area contributed by atoms with Crippen molar-refractivity contribution in [2.24, 2.45) is 0 Å². The first-order chi connectivity index (χ1) is 22.2. The number of hydrogen-bond donors (Lipinski definition) is 1. The zero-order valence-electron chi connectivity index (χ0n) is 26.0. The molecule has 8 nitrogen and oxygen atoms in total. The second-order valence-corrected chi connectivity index (χ2v) is 12.9. The van der Waals surface area contributed by atoms with Gasteiger partial charge in [0.05, 0.1) is 16.7 Å². The van der Waals surface area contributed by atoms with Crippen LogP contribution in [0.25, 0.3) is 0 Å². The zero-order chi connectivity index (χ0) is 32.4. The van der Waals surface area contributed by atoms with E-state index in [-0.39, 0.29) is 40.8 Å². The number of nitrogens with zero attached hydrogens (tertiary/aromatic N) is 3. The van der Waals surface area contributed by atoms with Crippen molar-refractivity contribution in [3.8, 4) is 0 Å². The van der Waals surface area contributed by atoms with Crippen LogP contribution in [-0.4, -0.2) is 78.6 Å². The van der Waals surface area contributed by atoms with E-state index in [1.165, 1.54) is 18.2 Å². The number of halogens is 2. The normalized spacial score (nSPS) is 20.4. The SMILES string of the molecule is COC1CCN(c2cccc3c2CCN(C(=O)N2CCCC(c4cccc(Cl)c4F)C2)C3C(=O)Cc2ccc(C(=O)O)cc2)CC1. The Morgan fingerprint density at radius 1 is 0.935 bits per heavy atom. The van der Waals surface area contributed by atoms with Gasteiger partial charge in [-0.2, -0.15) is 0 Å². The Morgan fingerprint density at radius 3 is 2.37 bits per heavy atom. The minimum Gasteiger partial charge on any atom is -0.478 e. The maximum Gasteiger partial charge on any atom is 0.335 e. The summed E-state index contributed by atoms with van der Waals surface area (Å²) in [6.07, 6.45) is 4.18. The number of likely N-dealkylation sites (tertiary alicyclic amines) is 1. The number of carbonyl (C=O) groups excluding carboxylic acids is 2. The molecular formula is C36H39ClFN3O5. The van der Waals surface area contributed by atoms with E-state index in [4.69, 9.17) is 16.3 Å². The van der Waals surface area contributed by atoms with Crippen molar-refractivity contribution in [1.29, 1.82) is 0 Å². The molecule has 3 aromatic carbocycles. The van der Waals surface area contributed by atoms with Crippen LogP contribution in [0.1, 0.15) is 70.3 Å². The van der Waals surface area contributed by atoms with Gasteiger partial charge in [-0.25, -0.2) is 14.0 Å². The maximum atomic E-state index is 15.0. The number of carboxylic acids is 1. The lowest BCUT2D eigenvalue weighted by atomic mass is 9.86. The van der Waals surface area contributed by atoms with Gasteiger partial charge in [0.2, 0.25) is 0 Å². The number of methoxy groups -OCH3 is 1. The van der Waals surface area contributed by atoms with E-state index in [9.17, 15) is 23.9 Å². The number of benzene rings is 3. The first-order valence-electron chi connectivity index (χ1n) is 16.0. The highest BCUT2D eigenvalue weighted by molar-refractivity contribution is 6.30. The van der Waals surface area contributed by atoms with E-state index in [2.05, 4.69) is 11.0 Å². The number of fused-ring (bicyclic) bond motifs is 1. The Bertz CT molecular complexity index is 1610. The number of carboxylic acid groups (broad SMARTS) is 1. The van der Waals surface area contributed by atoms with Crippen molar-refractivity contribution in [3.05, 3.63) is 99.3 Å². The number of Topliss-reactive ketones (excluding diaryl/α,β-unsaturated/α-hetero) is 1. The molecule has 0 bridgehead atoms. The summed E-state index contributed by atoms with van der Waals surface area (Å²) in [4.78, 5) is 45.8. The van der Waals surface area contributed by atoms with Gasteiger partial charge in [-0.15, -0.1) is 0 Å². The fraction of sp³-hybridized carbons (Fsp3) is 0.417. The van der Waals surface area contributed by atoms with E-state index in [1.807, 2.05) is 12.1 Å². The third kappa shape index (κ3) is 6.48.